The fourth-order valence-electron chi connectivity index (χ4n) is 1.87. The summed E-state index contributed by atoms with van der Waals surface area (Å²) >= 11 is 12.2. The molecule has 0 aliphatic rings. The van der Waals surface area contributed by atoms with Gasteiger partial charge in [-0.05, 0) is 24.3 Å². The zero-order valence-electron chi connectivity index (χ0n) is 10.5. The van der Waals surface area contributed by atoms with Crippen molar-refractivity contribution in [2.45, 2.75) is 0 Å². The van der Waals surface area contributed by atoms with Crippen molar-refractivity contribution in [2.75, 3.05) is 12.4 Å². The van der Waals surface area contributed by atoms with Gasteiger partial charge in [0.25, 0.3) is 6.01 Å². The van der Waals surface area contributed by atoms with Crippen LogP contribution < -0.4 is 10.1 Å². The summed E-state index contributed by atoms with van der Waals surface area (Å²) < 4.78 is 10.8. The zero-order valence-corrected chi connectivity index (χ0v) is 12.0. The highest BCUT2D eigenvalue weighted by molar-refractivity contribution is 6.35. The number of methoxy groups -OCH3 is 1. The molecule has 20 heavy (non-hydrogen) atoms. The van der Waals surface area contributed by atoms with Gasteiger partial charge in [-0.1, -0.05) is 35.3 Å². The summed E-state index contributed by atoms with van der Waals surface area (Å²) in [6, 6.07) is 11.0. The Morgan fingerprint density at radius 1 is 1.10 bits per heavy atom. The van der Waals surface area contributed by atoms with Crippen LogP contribution in [0, 0.1) is 0 Å². The van der Waals surface area contributed by atoms with Gasteiger partial charge >= 0.3 is 0 Å². The third-order valence-corrected chi connectivity index (χ3v) is 3.42. The second kappa shape index (κ2) is 5.23. The number of aromatic nitrogens is 1. The van der Waals surface area contributed by atoms with E-state index in [2.05, 4.69) is 10.3 Å². The Kier molecular flexibility index (Phi) is 3.42. The smallest absolute Gasteiger partial charge is 0.300 e. The lowest BCUT2D eigenvalue weighted by Crippen LogP contribution is -1.95. The Morgan fingerprint density at radius 2 is 1.85 bits per heavy atom. The van der Waals surface area contributed by atoms with E-state index in [1.165, 1.54) is 0 Å². The summed E-state index contributed by atoms with van der Waals surface area (Å²) in [4.78, 5) is 4.30. The van der Waals surface area contributed by atoms with Crippen LogP contribution in [-0.2, 0) is 0 Å². The Morgan fingerprint density at radius 3 is 2.60 bits per heavy atom. The first-order valence-corrected chi connectivity index (χ1v) is 6.59. The molecule has 3 aromatic rings. The van der Waals surface area contributed by atoms with Crippen molar-refractivity contribution in [3.05, 3.63) is 46.4 Å². The molecule has 102 valence electrons. The van der Waals surface area contributed by atoms with Crippen molar-refractivity contribution in [2.24, 2.45) is 0 Å². The molecule has 0 fully saturated rings. The van der Waals surface area contributed by atoms with Crippen molar-refractivity contribution in [3.63, 3.8) is 0 Å². The summed E-state index contributed by atoms with van der Waals surface area (Å²) in [6.07, 6.45) is 0. The quantitative estimate of drug-likeness (QED) is 0.748. The van der Waals surface area contributed by atoms with E-state index in [4.69, 9.17) is 32.4 Å². The van der Waals surface area contributed by atoms with Crippen LogP contribution in [0.1, 0.15) is 0 Å². The third-order valence-electron chi connectivity index (χ3n) is 2.80. The second-order valence-corrected chi connectivity index (χ2v) is 4.86. The first kappa shape index (κ1) is 13.1. The molecule has 1 N–H and O–H groups in total. The molecule has 4 nitrogen and oxygen atoms in total. The zero-order chi connectivity index (χ0) is 14.1. The van der Waals surface area contributed by atoms with E-state index in [9.17, 15) is 0 Å². The Balaban J connectivity index is 2.03. The highest BCUT2D eigenvalue weighted by Gasteiger charge is 2.13. The van der Waals surface area contributed by atoms with E-state index in [-0.39, 0.29) is 0 Å². The van der Waals surface area contributed by atoms with E-state index in [1.807, 2.05) is 0 Å². The summed E-state index contributed by atoms with van der Waals surface area (Å²) in [7, 11) is 1.57. The summed E-state index contributed by atoms with van der Waals surface area (Å²) in [6.45, 7) is 0. The second-order valence-electron chi connectivity index (χ2n) is 4.05. The molecular formula is C14H10Cl2N2O2. The monoisotopic (exact) mass is 308 g/mol. The van der Waals surface area contributed by atoms with Gasteiger partial charge in [0.2, 0.25) is 0 Å². The van der Waals surface area contributed by atoms with Gasteiger partial charge in [0, 0.05) is 0 Å². The molecule has 0 aliphatic heterocycles. The molecule has 0 radical (unpaired) electrons. The molecule has 0 unspecified atom stereocenters. The van der Waals surface area contributed by atoms with Gasteiger partial charge in [-0.15, -0.1) is 0 Å². The number of halogens is 2. The number of para-hydroxylation sites is 2. The van der Waals surface area contributed by atoms with Crippen molar-refractivity contribution < 1.29 is 9.15 Å². The number of benzene rings is 2. The van der Waals surface area contributed by atoms with Crippen LogP contribution in [0.3, 0.4) is 0 Å². The van der Waals surface area contributed by atoms with Gasteiger partial charge < -0.3 is 14.5 Å². The topological polar surface area (TPSA) is 47.3 Å². The molecule has 0 saturated carbocycles. The standard InChI is InChI=1S/C14H10Cl2N2O2/c1-19-10-6-2-4-8(15)12(10)17-14-18-13-9(16)5-3-7-11(13)20-14/h2-7H,1H3,(H,17,18). The molecule has 0 atom stereocenters. The van der Waals surface area contributed by atoms with Crippen LogP contribution >= 0.6 is 23.2 Å². The number of rotatable bonds is 3. The average molecular weight is 309 g/mol. The molecule has 0 aliphatic carbocycles. The number of hydrogen-bond acceptors (Lipinski definition) is 4. The number of fused-ring (bicyclic) bond motifs is 1. The van der Waals surface area contributed by atoms with Gasteiger partial charge in [0.1, 0.15) is 17.0 Å². The number of nitrogens with zero attached hydrogens (tertiary/aromatic N) is 1. The first-order valence-electron chi connectivity index (χ1n) is 5.83. The van der Waals surface area contributed by atoms with Crippen LogP contribution in [0.2, 0.25) is 10.0 Å². The molecule has 1 aromatic heterocycles. The lowest BCUT2D eigenvalue weighted by atomic mass is 10.3. The minimum Gasteiger partial charge on any atom is -0.495 e. The first-order chi connectivity index (χ1) is 9.69. The average Bonchev–Trinajstić information content (AvgIpc) is 2.85. The van der Waals surface area contributed by atoms with E-state index in [0.29, 0.717) is 38.6 Å². The van der Waals surface area contributed by atoms with E-state index in [1.54, 1.807) is 43.5 Å². The van der Waals surface area contributed by atoms with Crippen molar-refractivity contribution in [3.8, 4) is 5.75 Å². The number of hydrogen-bond donors (Lipinski definition) is 1. The lowest BCUT2D eigenvalue weighted by Gasteiger charge is -2.09. The molecular weight excluding hydrogens is 299 g/mol. The van der Waals surface area contributed by atoms with Gasteiger partial charge in [-0.25, -0.2) is 0 Å². The van der Waals surface area contributed by atoms with Crippen LogP contribution in [0.5, 0.6) is 5.75 Å². The van der Waals surface area contributed by atoms with Crippen molar-refractivity contribution in [1.82, 2.24) is 4.98 Å². The van der Waals surface area contributed by atoms with Crippen LogP contribution in [-0.4, -0.2) is 12.1 Å². The van der Waals surface area contributed by atoms with Gasteiger partial charge in [0.15, 0.2) is 5.58 Å². The van der Waals surface area contributed by atoms with Gasteiger partial charge in [0.05, 0.1) is 17.2 Å². The molecule has 2 aromatic carbocycles. The highest BCUT2D eigenvalue weighted by atomic mass is 35.5. The number of ether oxygens (including phenoxy) is 1. The Hall–Kier alpha value is -1.91. The van der Waals surface area contributed by atoms with Crippen LogP contribution in [0.4, 0.5) is 11.7 Å². The van der Waals surface area contributed by atoms with Crippen LogP contribution in [0.15, 0.2) is 40.8 Å². The summed E-state index contributed by atoms with van der Waals surface area (Å²) in [5.74, 6) is 0.603. The molecule has 0 saturated heterocycles. The normalized spacial score (nSPS) is 10.8. The minimum atomic E-state index is 0.305. The predicted molar refractivity (Wildman–Crippen MR) is 80.3 cm³/mol. The Labute approximate surface area is 125 Å². The lowest BCUT2D eigenvalue weighted by molar-refractivity contribution is 0.416. The molecule has 0 spiro atoms. The maximum Gasteiger partial charge on any atom is 0.300 e. The van der Waals surface area contributed by atoms with Gasteiger partial charge in [-0.2, -0.15) is 4.98 Å². The number of oxazole rings is 1. The van der Waals surface area contributed by atoms with Crippen LogP contribution in [0.25, 0.3) is 11.1 Å². The minimum absolute atomic E-state index is 0.305. The molecule has 6 heteroatoms. The largest absolute Gasteiger partial charge is 0.495 e. The maximum atomic E-state index is 6.15. The van der Waals surface area contributed by atoms with E-state index >= 15 is 0 Å². The summed E-state index contributed by atoms with van der Waals surface area (Å²) in [5, 5.41) is 4.06. The summed E-state index contributed by atoms with van der Waals surface area (Å²) in [5.41, 5.74) is 1.80. The SMILES string of the molecule is COc1cccc(Cl)c1Nc1nc2c(Cl)cccc2o1. The molecule has 0 bridgehead atoms. The van der Waals surface area contributed by atoms with E-state index in [0.717, 1.165) is 0 Å². The number of nitrogens with one attached hydrogen (secondary N) is 1. The van der Waals surface area contributed by atoms with Gasteiger partial charge in [-0.3, -0.25) is 0 Å². The third kappa shape index (κ3) is 2.28. The maximum absolute atomic E-state index is 6.15. The van der Waals surface area contributed by atoms with Crippen molar-refractivity contribution in [1.29, 1.82) is 0 Å². The highest BCUT2D eigenvalue weighted by Crippen LogP contribution is 2.35. The number of anilines is 2. The van der Waals surface area contributed by atoms with E-state index < -0.39 is 0 Å². The fraction of sp³-hybridized carbons (Fsp3) is 0.0714. The fourth-order valence-corrected chi connectivity index (χ4v) is 2.29. The Bertz CT molecular complexity index is 771. The molecule has 1 heterocycles. The molecule has 0 amide bonds. The van der Waals surface area contributed by atoms with Crippen molar-refractivity contribution >= 4 is 46.0 Å². The predicted octanol–water partition coefficient (Wildman–Crippen LogP) is 4.89. The molecule has 3 rings (SSSR count).